The van der Waals surface area contributed by atoms with Gasteiger partial charge in [0.1, 0.15) is 12.4 Å². The molecule has 6 heteroatoms. The van der Waals surface area contributed by atoms with Crippen molar-refractivity contribution in [2.75, 3.05) is 13.2 Å². The lowest BCUT2D eigenvalue weighted by atomic mass is 10.0. The van der Waals surface area contributed by atoms with Crippen molar-refractivity contribution >= 4 is 12.1 Å². The van der Waals surface area contributed by atoms with Gasteiger partial charge in [0, 0.05) is 6.54 Å². The van der Waals surface area contributed by atoms with Crippen molar-refractivity contribution < 1.29 is 24.2 Å². The van der Waals surface area contributed by atoms with E-state index < -0.39 is 12.1 Å². The number of aliphatic carboxylic acids is 1. The summed E-state index contributed by atoms with van der Waals surface area (Å²) in [5.41, 5.74) is 1.94. The fraction of sp³-hybridized carbons (Fsp3) is 0.263. The van der Waals surface area contributed by atoms with Crippen LogP contribution in [0.1, 0.15) is 24.0 Å². The number of carboxylic acid groups (broad SMARTS) is 1. The molecular formula is C19H21NO5. The Kier molecular flexibility index (Phi) is 6.83. The Labute approximate surface area is 146 Å². The molecule has 0 heterocycles. The summed E-state index contributed by atoms with van der Waals surface area (Å²) >= 11 is 0. The first-order chi connectivity index (χ1) is 12.0. The number of hydrogen-bond donors (Lipinski definition) is 2. The molecule has 1 amide bonds. The molecule has 25 heavy (non-hydrogen) atoms. The van der Waals surface area contributed by atoms with Gasteiger partial charge in [-0.2, -0.15) is 0 Å². The van der Waals surface area contributed by atoms with Gasteiger partial charge in [0.05, 0.1) is 0 Å². The van der Waals surface area contributed by atoms with Crippen molar-refractivity contribution in [2.45, 2.75) is 19.4 Å². The quantitative estimate of drug-likeness (QED) is 0.769. The first kappa shape index (κ1) is 18.3. The number of nitrogens with one attached hydrogen (secondary N) is 1. The maximum atomic E-state index is 11.7. The summed E-state index contributed by atoms with van der Waals surface area (Å²) in [4.78, 5) is 22.2. The molecule has 0 aliphatic heterocycles. The van der Waals surface area contributed by atoms with Crippen molar-refractivity contribution in [1.82, 2.24) is 5.32 Å². The highest BCUT2D eigenvalue weighted by molar-refractivity contribution is 5.68. The van der Waals surface area contributed by atoms with E-state index >= 15 is 0 Å². The van der Waals surface area contributed by atoms with Gasteiger partial charge < -0.3 is 19.9 Å². The molecular weight excluding hydrogens is 322 g/mol. The van der Waals surface area contributed by atoms with Gasteiger partial charge in [-0.15, -0.1) is 0 Å². The van der Waals surface area contributed by atoms with Crippen molar-refractivity contribution in [3.05, 3.63) is 65.7 Å². The summed E-state index contributed by atoms with van der Waals surface area (Å²) in [6.07, 6.45) is -0.461. The Morgan fingerprint density at radius 1 is 1.08 bits per heavy atom. The average molecular weight is 343 g/mol. The van der Waals surface area contributed by atoms with E-state index in [4.69, 9.17) is 14.6 Å². The Hall–Kier alpha value is -3.02. The van der Waals surface area contributed by atoms with Gasteiger partial charge >= 0.3 is 12.1 Å². The number of carbonyl (C=O) groups excluding carboxylic acids is 1. The highest BCUT2D eigenvalue weighted by Gasteiger charge is 2.09. The molecule has 2 rings (SSSR count). The fourth-order valence-corrected chi connectivity index (χ4v) is 2.17. The van der Waals surface area contributed by atoms with Crippen molar-refractivity contribution in [3.63, 3.8) is 0 Å². The molecule has 0 saturated heterocycles. The fourth-order valence-electron chi connectivity index (χ4n) is 2.17. The molecule has 132 valence electrons. The van der Waals surface area contributed by atoms with E-state index in [1.807, 2.05) is 49.4 Å². The summed E-state index contributed by atoms with van der Waals surface area (Å²) in [6, 6.07) is 16.6. The van der Waals surface area contributed by atoms with Crippen LogP contribution in [-0.4, -0.2) is 30.3 Å². The van der Waals surface area contributed by atoms with Crippen LogP contribution in [0.15, 0.2) is 54.6 Å². The topological polar surface area (TPSA) is 84.9 Å². The minimum absolute atomic E-state index is 0.0813. The molecule has 0 fully saturated rings. The third-order valence-corrected chi connectivity index (χ3v) is 3.58. The first-order valence-electron chi connectivity index (χ1n) is 7.93. The van der Waals surface area contributed by atoms with E-state index in [-0.39, 0.29) is 19.1 Å². The van der Waals surface area contributed by atoms with Crippen LogP contribution in [-0.2, 0) is 16.1 Å². The van der Waals surface area contributed by atoms with Gasteiger partial charge in [-0.3, -0.25) is 0 Å². The molecule has 1 atom stereocenters. The van der Waals surface area contributed by atoms with Crippen LogP contribution in [0.25, 0.3) is 0 Å². The number of hydrogen-bond acceptors (Lipinski definition) is 4. The van der Waals surface area contributed by atoms with E-state index in [1.165, 1.54) is 0 Å². The van der Waals surface area contributed by atoms with Gasteiger partial charge in [0.25, 0.3) is 0 Å². The second kappa shape index (κ2) is 9.32. The second-order valence-electron chi connectivity index (χ2n) is 5.60. The molecule has 0 radical (unpaired) electrons. The van der Waals surface area contributed by atoms with Crippen LogP contribution in [0, 0.1) is 0 Å². The minimum atomic E-state index is -1.02. The van der Waals surface area contributed by atoms with E-state index in [1.54, 1.807) is 12.1 Å². The number of ether oxygens (including phenoxy) is 2. The molecule has 1 unspecified atom stereocenters. The number of alkyl carbamates (subject to hydrolysis) is 1. The minimum Gasteiger partial charge on any atom is -0.482 e. The normalized spacial score (nSPS) is 11.4. The van der Waals surface area contributed by atoms with Crippen molar-refractivity contribution in [3.8, 4) is 5.75 Å². The standard InChI is InChI=1S/C19H21NO5/c1-14(16-7-9-17(10-8-16)24-13-18(21)22)11-20-19(23)25-12-15-5-3-2-4-6-15/h2-10,14H,11-13H2,1H3,(H,20,23)(H,21,22). The lowest BCUT2D eigenvalue weighted by molar-refractivity contribution is -0.139. The Morgan fingerprint density at radius 3 is 2.40 bits per heavy atom. The summed E-state index contributed by atoms with van der Waals surface area (Å²) in [6.45, 7) is 2.27. The third-order valence-electron chi connectivity index (χ3n) is 3.58. The van der Waals surface area contributed by atoms with E-state index in [9.17, 15) is 9.59 Å². The van der Waals surface area contributed by atoms with Gasteiger partial charge in [0.15, 0.2) is 6.61 Å². The molecule has 0 aliphatic carbocycles. The maximum absolute atomic E-state index is 11.7. The van der Waals surface area contributed by atoms with Crippen LogP contribution < -0.4 is 10.1 Å². The predicted octanol–water partition coefficient (Wildman–Crippen LogP) is 3.18. The average Bonchev–Trinajstić information content (AvgIpc) is 2.64. The van der Waals surface area contributed by atoms with Gasteiger partial charge in [-0.1, -0.05) is 49.4 Å². The lowest BCUT2D eigenvalue weighted by Gasteiger charge is -2.14. The van der Waals surface area contributed by atoms with E-state index in [0.717, 1.165) is 11.1 Å². The van der Waals surface area contributed by atoms with Crippen molar-refractivity contribution in [2.24, 2.45) is 0 Å². The largest absolute Gasteiger partial charge is 0.482 e. The molecule has 0 aromatic heterocycles. The number of amides is 1. The molecule has 0 aliphatic rings. The van der Waals surface area contributed by atoms with Gasteiger partial charge in [0.2, 0.25) is 0 Å². The highest BCUT2D eigenvalue weighted by atomic mass is 16.5. The molecule has 2 N–H and O–H groups in total. The smallest absolute Gasteiger partial charge is 0.407 e. The maximum Gasteiger partial charge on any atom is 0.407 e. The molecule has 0 bridgehead atoms. The lowest BCUT2D eigenvalue weighted by Crippen LogP contribution is -2.28. The van der Waals surface area contributed by atoms with E-state index in [0.29, 0.717) is 12.3 Å². The SMILES string of the molecule is CC(CNC(=O)OCc1ccccc1)c1ccc(OCC(=O)O)cc1. The molecule has 0 saturated carbocycles. The first-order valence-corrected chi connectivity index (χ1v) is 7.93. The zero-order chi connectivity index (χ0) is 18.1. The Morgan fingerprint density at radius 2 is 1.76 bits per heavy atom. The van der Waals surface area contributed by atoms with Crippen LogP contribution in [0.2, 0.25) is 0 Å². The Bertz CT molecular complexity index is 685. The monoisotopic (exact) mass is 343 g/mol. The third kappa shape index (κ3) is 6.55. The Balaban J connectivity index is 1.74. The van der Waals surface area contributed by atoms with Crippen LogP contribution in [0.3, 0.4) is 0 Å². The van der Waals surface area contributed by atoms with Gasteiger partial charge in [-0.05, 0) is 29.2 Å². The summed E-state index contributed by atoms with van der Waals surface area (Å²) in [5.74, 6) is -0.443. The molecule has 0 spiro atoms. The number of benzene rings is 2. The number of carbonyl (C=O) groups is 2. The zero-order valence-corrected chi connectivity index (χ0v) is 14.0. The molecule has 6 nitrogen and oxygen atoms in total. The second-order valence-corrected chi connectivity index (χ2v) is 5.60. The summed E-state index contributed by atoms with van der Waals surface area (Å²) in [5, 5.41) is 11.3. The summed E-state index contributed by atoms with van der Waals surface area (Å²) in [7, 11) is 0. The molecule has 2 aromatic rings. The van der Waals surface area contributed by atoms with Crippen LogP contribution in [0.5, 0.6) is 5.75 Å². The molecule has 2 aromatic carbocycles. The van der Waals surface area contributed by atoms with Crippen LogP contribution >= 0.6 is 0 Å². The van der Waals surface area contributed by atoms with Crippen molar-refractivity contribution in [1.29, 1.82) is 0 Å². The zero-order valence-electron chi connectivity index (χ0n) is 14.0. The summed E-state index contributed by atoms with van der Waals surface area (Å²) < 4.78 is 10.2. The van der Waals surface area contributed by atoms with Gasteiger partial charge in [-0.25, -0.2) is 9.59 Å². The highest BCUT2D eigenvalue weighted by Crippen LogP contribution is 2.18. The number of rotatable bonds is 8. The predicted molar refractivity (Wildman–Crippen MR) is 92.6 cm³/mol. The van der Waals surface area contributed by atoms with E-state index in [2.05, 4.69) is 5.32 Å². The van der Waals surface area contributed by atoms with Crippen LogP contribution in [0.4, 0.5) is 4.79 Å². The number of carboxylic acids is 1.